The molecular formula is C14H19ClNO2+. The summed E-state index contributed by atoms with van der Waals surface area (Å²) in [6, 6.07) is 7.32. The highest BCUT2D eigenvalue weighted by atomic mass is 35.5. The minimum absolute atomic E-state index is 0.105. The maximum Gasteiger partial charge on any atom is 0.310 e. The number of hydrogen-bond acceptors (Lipinski definition) is 2. The largest absolute Gasteiger partial charge is 0.462 e. The minimum atomic E-state index is -0.137. The molecular weight excluding hydrogens is 250 g/mol. The average molecular weight is 269 g/mol. The Kier molecular flexibility index (Phi) is 4.61. The molecule has 0 spiro atoms. The quantitative estimate of drug-likeness (QED) is 0.833. The third-order valence-electron chi connectivity index (χ3n) is 3.35. The van der Waals surface area contributed by atoms with Crippen molar-refractivity contribution in [2.24, 2.45) is 0 Å². The summed E-state index contributed by atoms with van der Waals surface area (Å²) in [6.07, 6.45) is 2.38. The second-order valence-corrected chi connectivity index (χ2v) is 5.39. The van der Waals surface area contributed by atoms with Crippen LogP contribution in [0.4, 0.5) is 0 Å². The molecule has 1 fully saturated rings. The summed E-state index contributed by atoms with van der Waals surface area (Å²) in [5.74, 6) is -0.137. The molecule has 0 bridgehead atoms. The highest BCUT2D eigenvalue weighted by Crippen LogP contribution is 2.12. The van der Waals surface area contributed by atoms with E-state index < -0.39 is 0 Å². The van der Waals surface area contributed by atoms with Crippen LogP contribution in [-0.4, -0.2) is 32.2 Å². The fourth-order valence-corrected chi connectivity index (χ4v) is 2.32. The lowest BCUT2D eigenvalue weighted by molar-refractivity contribution is -0.885. The Hall–Kier alpha value is -1.06. The fraction of sp³-hybridized carbons (Fsp3) is 0.500. The van der Waals surface area contributed by atoms with E-state index in [1.807, 2.05) is 12.1 Å². The Morgan fingerprint density at radius 1 is 1.33 bits per heavy atom. The number of nitrogens with one attached hydrogen (secondary N) is 1. The molecule has 0 aliphatic carbocycles. The van der Waals surface area contributed by atoms with Crippen LogP contribution in [0.5, 0.6) is 0 Å². The van der Waals surface area contributed by atoms with Crippen LogP contribution in [0.25, 0.3) is 0 Å². The number of quaternary nitrogens is 1. The Bertz CT molecular complexity index is 397. The van der Waals surface area contributed by atoms with Crippen molar-refractivity contribution >= 4 is 17.6 Å². The second kappa shape index (κ2) is 6.21. The van der Waals surface area contributed by atoms with Gasteiger partial charge in [0.15, 0.2) is 0 Å². The van der Waals surface area contributed by atoms with Crippen LogP contribution in [0.2, 0.25) is 5.02 Å². The van der Waals surface area contributed by atoms with Gasteiger partial charge < -0.3 is 9.64 Å². The third-order valence-corrected chi connectivity index (χ3v) is 3.60. The monoisotopic (exact) mass is 268 g/mol. The normalized spacial score (nSPS) is 23.7. The lowest BCUT2D eigenvalue weighted by atomic mass is 10.1. The van der Waals surface area contributed by atoms with E-state index in [2.05, 4.69) is 7.05 Å². The number of esters is 1. The first-order valence-corrected chi connectivity index (χ1v) is 6.76. The van der Waals surface area contributed by atoms with Gasteiger partial charge in [0, 0.05) is 17.9 Å². The summed E-state index contributed by atoms with van der Waals surface area (Å²) in [7, 11) is 2.17. The van der Waals surface area contributed by atoms with Crippen LogP contribution in [0.3, 0.4) is 0 Å². The summed E-state index contributed by atoms with van der Waals surface area (Å²) in [6.45, 7) is 2.16. The Balaban J connectivity index is 1.80. The number of carbonyl (C=O) groups excluding carboxylic acids is 1. The van der Waals surface area contributed by atoms with Crippen molar-refractivity contribution in [2.45, 2.75) is 25.4 Å². The van der Waals surface area contributed by atoms with Crippen molar-refractivity contribution in [3.05, 3.63) is 34.9 Å². The van der Waals surface area contributed by atoms with Gasteiger partial charge >= 0.3 is 5.97 Å². The molecule has 18 heavy (non-hydrogen) atoms. The summed E-state index contributed by atoms with van der Waals surface area (Å²) in [5.41, 5.74) is 0.947. The topological polar surface area (TPSA) is 30.7 Å². The number of piperidine rings is 1. The Labute approximate surface area is 113 Å². The van der Waals surface area contributed by atoms with E-state index in [9.17, 15) is 4.79 Å². The number of hydrogen-bond donors (Lipinski definition) is 1. The SMILES string of the molecule is C[NH+]1CCC(OC(=O)Cc2ccc(Cl)cc2)CC1. The molecule has 1 aromatic carbocycles. The molecule has 1 aliphatic heterocycles. The van der Waals surface area contributed by atoms with Crippen LogP contribution < -0.4 is 4.90 Å². The van der Waals surface area contributed by atoms with E-state index in [1.54, 1.807) is 12.1 Å². The molecule has 0 radical (unpaired) electrons. The predicted molar refractivity (Wildman–Crippen MR) is 70.9 cm³/mol. The van der Waals surface area contributed by atoms with Gasteiger partial charge in [-0.2, -0.15) is 0 Å². The van der Waals surface area contributed by atoms with E-state index in [0.717, 1.165) is 31.5 Å². The van der Waals surface area contributed by atoms with Crippen LogP contribution in [0.1, 0.15) is 18.4 Å². The zero-order valence-electron chi connectivity index (χ0n) is 10.6. The van der Waals surface area contributed by atoms with Crippen LogP contribution in [0.15, 0.2) is 24.3 Å². The van der Waals surface area contributed by atoms with Gasteiger partial charge in [0.25, 0.3) is 0 Å². The third kappa shape index (κ3) is 4.00. The molecule has 3 nitrogen and oxygen atoms in total. The van der Waals surface area contributed by atoms with Crippen molar-refractivity contribution < 1.29 is 14.4 Å². The van der Waals surface area contributed by atoms with Gasteiger partial charge in [-0.3, -0.25) is 4.79 Å². The summed E-state index contributed by atoms with van der Waals surface area (Å²) >= 11 is 5.80. The number of likely N-dealkylation sites (tertiary alicyclic amines) is 1. The smallest absolute Gasteiger partial charge is 0.310 e. The summed E-state index contributed by atoms with van der Waals surface area (Å²) in [5, 5.41) is 0.686. The Morgan fingerprint density at radius 3 is 2.56 bits per heavy atom. The first kappa shape index (κ1) is 13.4. The van der Waals surface area contributed by atoms with Crippen molar-refractivity contribution in [2.75, 3.05) is 20.1 Å². The van der Waals surface area contributed by atoms with Gasteiger partial charge in [-0.15, -0.1) is 0 Å². The first-order chi connectivity index (χ1) is 8.63. The number of halogens is 1. The molecule has 0 saturated carbocycles. The van der Waals surface area contributed by atoms with Crippen LogP contribution in [-0.2, 0) is 16.0 Å². The zero-order chi connectivity index (χ0) is 13.0. The van der Waals surface area contributed by atoms with Crippen molar-refractivity contribution in [3.63, 3.8) is 0 Å². The highest BCUT2D eigenvalue weighted by molar-refractivity contribution is 6.30. The molecule has 1 saturated heterocycles. The maximum absolute atomic E-state index is 11.8. The molecule has 0 amide bonds. The van der Waals surface area contributed by atoms with E-state index >= 15 is 0 Å². The molecule has 1 N–H and O–H groups in total. The molecule has 1 aliphatic rings. The summed E-state index contributed by atoms with van der Waals surface area (Å²) in [4.78, 5) is 13.3. The van der Waals surface area contributed by atoms with Crippen molar-refractivity contribution in [3.8, 4) is 0 Å². The van der Waals surface area contributed by atoms with Gasteiger partial charge in [-0.1, -0.05) is 23.7 Å². The molecule has 0 aromatic heterocycles. The standard InChI is InChI=1S/C14H18ClNO2/c1-16-8-6-13(7-9-16)18-14(17)10-11-2-4-12(15)5-3-11/h2-5,13H,6-10H2,1H3/p+1. The zero-order valence-corrected chi connectivity index (χ0v) is 11.4. The lowest BCUT2D eigenvalue weighted by Gasteiger charge is -2.26. The molecule has 98 valence electrons. The van der Waals surface area contributed by atoms with Gasteiger partial charge in [0.1, 0.15) is 6.10 Å². The van der Waals surface area contributed by atoms with Gasteiger partial charge in [0.2, 0.25) is 0 Å². The van der Waals surface area contributed by atoms with E-state index in [4.69, 9.17) is 16.3 Å². The molecule has 4 heteroatoms. The van der Waals surface area contributed by atoms with Crippen molar-refractivity contribution in [1.82, 2.24) is 0 Å². The van der Waals surface area contributed by atoms with E-state index in [0.29, 0.717) is 11.4 Å². The van der Waals surface area contributed by atoms with Crippen LogP contribution in [0, 0.1) is 0 Å². The molecule has 2 rings (SSSR count). The number of rotatable bonds is 3. The number of ether oxygens (including phenoxy) is 1. The number of carbonyl (C=O) groups is 1. The number of benzene rings is 1. The Morgan fingerprint density at radius 2 is 1.94 bits per heavy atom. The second-order valence-electron chi connectivity index (χ2n) is 4.95. The van der Waals surface area contributed by atoms with Crippen LogP contribution >= 0.6 is 11.6 Å². The molecule has 0 atom stereocenters. The molecule has 0 unspecified atom stereocenters. The van der Waals surface area contributed by atoms with E-state index in [-0.39, 0.29) is 12.1 Å². The average Bonchev–Trinajstić information content (AvgIpc) is 2.35. The minimum Gasteiger partial charge on any atom is -0.462 e. The molecule has 1 aromatic rings. The predicted octanol–water partition coefficient (Wildman–Crippen LogP) is 1.10. The van der Waals surface area contributed by atoms with Gasteiger partial charge in [-0.05, 0) is 17.7 Å². The van der Waals surface area contributed by atoms with Crippen molar-refractivity contribution in [1.29, 1.82) is 0 Å². The highest BCUT2D eigenvalue weighted by Gasteiger charge is 2.22. The van der Waals surface area contributed by atoms with E-state index in [1.165, 1.54) is 4.90 Å². The molecule has 1 heterocycles. The maximum atomic E-state index is 11.8. The lowest BCUT2D eigenvalue weighted by Crippen LogP contribution is -3.10. The van der Waals surface area contributed by atoms with Gasteiger partial charge in [0.05, 0.1) is 26.6 Å². The fourth-order valence-electron chi connectivity index (χ4n) is 2.20. The summed E-state index contributed by atoms with van der Waals surface area (Å²) < 4.78 is 5.49. The first-order valence-electron chi connectivity index (χ1n) is 6.39. The van der Waals surface area contributed by atoms with Gasteiger partial charge in [-0.25, -0.2) is 0 Å².